The van der Waals surface area contributed by atoms with E-state index in [0.29, 0.717) is 35.4 Å². The average molecular weight is 424 g/mol. The molecule has 32 heavy (non-hydrogen) atoms. The van der Waals surface area contributed by atoms with Crippen molar-refractivity contribution in [2.75, 3.05) is 11.5 Å². The van der Waals surface area contributed by atoms with Gasteiger partial charge in [0.25, 0.3) is 5.91 Å². The smallest absolute Gasteiger partial charge is 0.257 e. The van der Waals surface area contributed by atoms with Gasteiger partial charge >= 0.3 is 0 Å². The average Bonchev–Trinajstić information content (AvgIpc) is 3.64. The summed E-state index contributed by atoms with van der Waals surface area (Å²) in [4.78, 5) is 23.4. The van der Waals surface area contributed by atoms with Gasteiger partial charge in [0, 0.05) is 11.8 Å². The Labute approximate surface area is 187 Å². The van der Waals surface area contributed by atoms with Crippen LogP contribution in [0.15, 0.2) is 30.7 Å². The van der Waals surface area contributed by atoms with Gasteiger partial charge in [-0.3, -0.25) is 4.79 Å². The molecule has 0 saturated heterocycles. The molecule has 6 radical (unpaired) electrons. The highest BCUT2D eigenvalue weighted by Gasteiger charge is 2.55. The minimum atomic E-state index is -1.84. The molecule has 4 heterocycles. The number of rotatable bonds is 1. The Balaban J connectivity index is 1.61. The number of ether oxygens (including phenoxy) is 1. The van der Waals surface area contributed by atoms with Gasteiger partial charge in [-0.1, -0.05) is 5.24 Å². The third kappa shape index (κ3) is 2.92. The Hall–Kier alpha value is -3.04. The number of halogens is 1. The van der Waals surface area contributed by atoms with E-state index in [-0.39, 0.29) is 18.4 Å². The zero-order valence-electron chi connectivity index (χ0n) is 17.1. The van der Waals surface area contributed by atoms with Crippen molar-refractivity contribution in [3.8, 4) is 5.88 Å². The van der Waals surface area contributed by atoms with E-state index in [1.54, 1.807) is 17.2 Å². The summed E-state index contributed by atoms with van der Waals surface area (Å²) >= 11 is 0. The van der Waals surface area contributed by atoms with Gasteiger partial charge in [-0.2, -0.15) is 5.10 Å². The highest BCUT2D eigenvalue weighted by molar-refractivity contribution is 6.61. The summed E-state index contributed by atoms with van der Waals surface area (Å²) in [5, 5.41) is 5.42. The lowest BCUT2D eigenvalue weighted by Crippen LogP contribution is -2.56. The standard InChI is InChI=1S/C20H16B3FN6O2/c21-20(22,23)30-14-1-6-29-15(27-14)12(9-26-29)16(31)28-18(2-3-18)10-32-17-13(19(30)4-5-19)7-11(24)8-25-17/h1,6-9H,2-5,10H2,(H,28,31). The molecule has 154 valence electrons. The third-order valence-corrected chi connectivity index (χ3v) is 6.40. The number of hydrogen-bond donors (Lipinski definition) is 1. The highest BCUT2D eigenvalue weighted by atomic mass is 19.1. The number of pyridine rings is 1. The molecule has 0 atom stereocenters. The van der Waals surface area contributed by atoms with Crippen molar-refractivity contribution < 1.29 is 13.9 Å². The first-order valence-electron chi connectivity index (χ1n) is 10.3. The molecule has 8 nitrogen and oxygen atoms in total. The van der Waals surface area contributed by atoms with Crippen LogP contribution >= 0.6 is 0 Å². The minimum absolute atomic E-state index is 0.189. The van der Waals surface area contributed by atoms with Crippen LogP contribution < -0.4 is 15.0 Å². The van der Waals surface area contributed by atoms with Gasteiger partial charge in [0.2, 0.25) is 5.88 Å². The van der Waals surface area contributed by atoms with E-state index in [1.807, 2.05) is 0 Å². The molecular formula is C20H16B3FN6O2. The maximum atomic E-state index is 14.3. The molecule has 0 aromatic carbocycles. The lowest BCUT2D eigenvalue weighted by Gasteiger charge is -2.45. The number of carbonyl (C=O) groups is 1. The largest absolute Gasteiger partial charge is 0.475 e. The van der Waals surface area contributed by atoms with Gasteiger partial charge in [0.1, 0.15) is 23.8 Å². The summed E-state index contributed by atoms with van der Waals surface area (Å²) in [6, 6.07) is 3.02. The molecule has 6 rings (SSSR count). The second-order valence-electron chi connectivity index (χ2n) is 8.90. The van der Waals surface area contributed by atoms with Crippen LogP contribution in [0.2, 0.25) is 0 Å². The quantitative estimate of drug-likeness (QED) is 0.575. The van der Waals surface area contributed by atoms with Crippen molar-refractivity contribution in [3.63, 3.8) is 0 Å². The van der Waals surface area contributed by atoms with E-state index in [4.69, 9.17) is 28.3 Å². The van der Waals surface area contributed by atoms with Crippen molar-refractivity contribution in [1.29, 1.82) is 0 Å². The van der Waals surface area contributed by atoms with Crippen molar-refractivity contribution >= 4 is 40.9 Å². The van der Waals surface area contributed by atoms with Crippen LogP contribution in [0.1, 0.15) is 41.6 Å². The zero-order valence-corrected chi connectivity index (χ0v) is 17.1. The maximum Gasteiger partial charge on any atom is 0.257 e. The molecule has 0 unspecified atom stereocenters. The topological polar surface area (TPSA) is 84.7 Å². The number of carbonyl (C=O) groups excluding carboxylic acids is 1. The molecule has 3 aromatic rings. The molecule has 2 spiro atoms. The first kappa shape index (κ1) is 19.6. The number of fused-ring (bicyclic) bond motifs is 3. The number of nitrogens with zero attached hydrogens (tertiary/aromatic N) is 5. The van der Waals surface area contributed by atoms with Gasteiger partial charge in [-0.25, -0.2) is 18.9 Å². The monoisotopic (exact) mass is 424 g/mol. The number of hydrogen-bond acceptors (Lipinski definition) is 6. The molecule has 1 N–H and O–H groups in total. The lowest BCUT2D eigenvalue weighted by atomic mass is 9.47. The van der Waals surface area contributed by atoms with Crippen LogP contribution in [0.3, 0.4) is 0 Å². The molecule has 12 heteroatoms. The van der Waals surface area contributed by atoms with E-state index < -0.39 is 22.1 Å². The predicted octanol–water partition coefficient (Wildman–Crippen LogP) is 0.531. The first-order chi connectivity index (χ1) is 15.2. The Morgan fingerprint density at radius 2 is 1.97 bits per heavy atom. The summed E-state index contributed by atoms with van der Waals surface area (Å²) in [6.07, 6.45) is 6.88. The Bertz CT molecular complexity index is 1270. The van der Waals surface area contributed by atoms with E-state index in [9.17, 15) is 9.18 Å². The molecule has 3 aromatic heterocycles. The van der Waals surface area contributed by atoms with Gasteiger partial charge in [0.05, 0.1) is 47.0 Å². The molecule has 2 fully saturated rings. The van der Waals surface area contributed by atoms with Gasteiger partial charge in [-0.05, 0) is 37.8 Å². The van der Waals surface area contributed by atoms with Crippen LogP contribution in [-0.2, 0) is 5.54 Å². The zero-order chi connectivity index (χ0) is 22.3. The lowest BCUT2D eigenvalue weighted by molar-refractivity contribution is 0.0913. The van der Waals surface area contributed by atoms with Crippen LogP contribution in [0.25, 0.3) is 5.65 Å². The van der Waals surface area contributed by atoms with Gasteiger partial charge < -0.3 is 15.0 Å². The Morgan fingerprint density at radius 3 is 2.66 bits per heavy atom. The summed E-state index contributed by atoms with van der Waals surface area (Å²) in [5.41, 5.74) is -0.268. The van der Waals surface area contributed by atoms with Crippen molar-refractivity contribution in [3.05, 3.63) is 47.7 Å². The van der Waals surface area contributed by atoms with Crippen LogP contribution in [0.5, 0.6) is 5.88 Å². The Morgan fingerprint density at radius 1 is 1.19 bits per heavy atom. The fourth-order valence-corrected chi connectivity index (χ4v) is 4.51. The van der Waals surface area contributed by atoms with Crippen LogP contribution in [0.4, 0.5) is 10.2 Å². The second kappa shape index (κ2) is 6.27. The minimum Gasteiger partial charge on any atom is -0.475 e. The van der Waals surface area contributed by atoms with Gasteiger partial charge in [-0.15, -0.1) is 0 Å². The third-order valence-electron chi connectivity index (χ3n) is 6.40. The van der Waals surface area contributed by atoms with Crippen LogP contribution in [0, 0.1) is 5.82 Å². The van der Waals surface area contributed by atoms with Crippen molar-refractivity contribution in [2.45, 2.75) is 42.0 Å². The molecular weight excluding hydrogens is 408 g/mol. The van der Waals surface area contributed by atoms with E-state index >= 15 is 0 Å². The van der Waals surface area contributed by atoms with E-state index in [0.717, 1.165) is 19.0 Å². The van der Waals surface area contributed by atoms with Crippen molar-refractivity contribution in [2.24, 2.45) is 0 Å². The SMILES string of the molecule is [B]C([B])([B])N1c2ccn3ncc(c3n2)C(=O)NC2(CC2)COc2ncc(F)cc2C12CC2. The summed E-state index contributed by atoms with van der Waals surface area (Å²) in [6.45, 7) is 0.189. The van der Waals surface area contributed by atoms with Crippen LogP contribution in [-0.4, -0.2) is 66.4 Å². The maximum absolute atomic E-state index is 14.3. The Kier molecular flexibility index (Phi) is 3.84. The molecule has 2 saturated carbocycles. The predicted molar refractivity (Wildman–Crippen MR) is 115 cm³/mol. The fraction of sp³-hybridized carbons (Fsp3) is 0.400. The summed E-state index contributed by atoms with van der Waals surface area (Å²) < 4.78 is 21.9. The van der Waals surface area contributed by atoms with E-state index in [2.05, 4.69) is 20.4 Å². The van der Waals surface area contributed by atoms with Crippen molar-refractivity contribution in [1.82, 2.24) is 24.9 Å². The highest BCUT2D eigenvalue weighted by Crippen LogP contribution is 2.56. The molecule has 2 aliphatic carbocycles. The molecule has 3 aliphatic rings. The summed E-state index contributed by atoms with van der Waals surface area (Å²) in [7, 11) is 18.6. The molecule has 1 amide bonds. The number of anilines is 1. The normalized spacial score (nSPS) is 20.8. The fourth-order valence-electron chi connectivity index (χ4n) is 4.51. The number of amides is 1. The molecule has 2 bridgehead atoms. The number of aromatic nitrogens is 4. The second-order valence-corrected chi connectivity index (χ2v) is 8.90. The molecule has 1 aliphatic heterocycles. The number of nitrogens with one attached hydrogen (secondary N) is 1. The van der Waals surface area contributed by atoms with Gasteiger partial charge in [0.15, 0.2) is 5.65 Å². The summed E-state index contributed by atoms with van der Waals surface area (Å²) in [5.74, 6) is -0.255. The first-order valence-corrected chi connectivity index (χ1v) is 10.3. The van der Waals surface area contributed by atoms with E-state index in [1.165, 1.54) is 16.8 Å².